The van der Waals surface area contributed by atoms with Crippen LogP contribution in [0.15, 0.2) is 53.6 Å². The number of rotatable bonds is 9. The molecule has 1 saturated carbocycles. The van der Waals surface area contributed by atoms with E-state index in [1.54, 1.807) is 35.2 Å². The van der Waals surface area contributed by atoms with Gasteiger partial charge in [-0.3, -0.25) is 14.2 Å². The van der Waals surface area contributed by atoms with E-state index in [0.717, 1.165) is 0 Å². The number of hydrogen-bond acceptors (Lipinski definition) is 7. The molecule has 0 radical (unpaired) electrons. The Balaban J connectivity index is 1.52. The van der Waals surface area contributed by atoms with Crippen molar-refractivity contribution in [1.82, 2.24) is 29.7 Å². The van der Waals surface area contributed by atoms with E-state index in [4.69, 9.17) is 23.0 Å². The predicted octanol–water partition coefficient (Wildman–Crippen LogP) is 5.82. The smallest absolute Gasteiger partial charge is 0.274 e. The van der Waals surface area contributed by atoms with Gasteiger partial charge in [-0.25, -0.2) is 19.3 Å². The molecule has 1 N–H and O–H groups in total. The van der Waals surface area contributed by atoms with Crippen LogP contribution in [0.4, 0.5) is 10.1 Å². The summed E-state index contributed by atoms with van der Waals surface area (Å²) in [7, 11) is 0. The molecule has 0 spiro atoms. The Morgan fingerprint density at radius 1 is 1.08 bits per heavy atom. The van der Waals surface area contributed by atoms with Gasteiger partial charge in [-0.05, 0) is 42.9 Å². The minimum atomic E-state index is -0.493. The molecule has 4 aromatic rings. The van der Waals surface area contributed by atoms with Crippen LogP contribution in [-0.2, 0) is 4.79 Å². The normalized spacial score (nSPS) is 15.2. The third kappa shape index (κ3) is 6.45. The first-order chi connectivity index (χ1) is 23.1. The highest BCUT2D eigenvalue weighted by Crippen LogP contribution is 2.38. The number of benzene rings is 1. The van der Waals surface area contributed by atoms with Gasteiger partial charge in [-0.15, -0.1) is 6.42 Å². The molecule has 1 aromatic carbocycles. The second-order valence-electron chi connectivity index (χ2n) is 12.9. The molecule has 4 heterocycles. The summed E-state index contributed by atoms with van der Waals surface area (Å²) >= 11 is 6.89. The number of carbonyl (C=O) groups excluding carboxylic acids is 1. The lowest BCUT2D eigenvalue weighted by Crippen LogP contribution is -2.49. The van der Waals surface area contributed by atoms with Crippen molar-refractivity contribution >= 4 is 34.2 Å². The van der Waals surface area contributed by atoms with Gasteiger partial charge >= 0.3 is 0 Å². The summed E-state index contributed by atoms with van der Waals surface area (Å²) in [5, 5.41) is 4.11. The van der Waals surface area contributed by atoms with Gasteiger partial charge in [0.2, 0.25) is 5.91 Å². The van der Waals surface area contributed by atoms with Crippen molar-refractivity contribution in [2.24, 2.45) is 0 Å². The molecule has 0 atom stereocenters. The van der Waals surface area contributed by atoms with Gasteiger partial charge < -0.3 is 15.1 Å². The average Bonchev–Trinajstić information content (AvgIpc) is 3.91. The quantitative estimate of drug-likeness (QED) is 0.178. The molecule has 2 fully saturated rings. The first-order valence-corrected chi connectivity index (χ1v) is 16.8. The Morgan fingerprint density at radius 2 is 1.75 bits per heavy atom. The van der Waals surface area contributed by atoms with Crippen LogP contribution in [-0.4, -0.2) is 69.1 Å². The Hall–Kier alpha value is -4.59. The third-order valence-electron chi connectivity index (χ3n) is 8.82. The lowest BCUT2D eigenvalue weighted by atomic mass is 10.00. The highest BCUT2D eigenvalue weighted by molar-refractivity contribution is 6.34. The zero-order valence-corrected chi connectivity index (χ0v) is 28.4. The van der Waals surface area contributed by atoms with E-state index in [1.165, 1.54) is 29.8 Å². The van der Waals surface area contributed by atoms with Crippen molar-refractivity contribution in [3.63, 3.8) is 0 Å². The maximum absolute atomic E-state index is 15.2. The molecule has 3 aromatic heterocycles. The van der Waals surface area contributed by atoms with E-state index in [-0.39, 0.29) is 45.2 Å². The van der Waals surface area contributed by atoms with Crippen LogP contribution in [0.5, 0.6) is 0 Å². The molecule has 48 heavy (non-hydrogen) atoms. The summed E-state index contributed by atoms with van der Waals surface area (Å²) < 4.78 is 16.6. The molecular weight excluding hydrogens is 629 g/mol. The number of halogens is 2. The summed E-state index contributed by atoms with van der Waals surface area (Å²) in [6, 6.07) is 8.52. The van der Waals surface area contributed by atoms with Crippen LogP contribution in [0.25, 0.3) is 28.0 Å². The number of nitrogens with one attached hydrogen (secondary N) is 1. The fourth-order valence-corrected chi connectivity index (χ4v) is 6.45. The zero-order valence-electron chi connectivity index (χ0n) is 27.6. The molecule has 6 rings (SSSR count). The van der Waals surface area contributed by atoms with Crippen molar-refractivity contribution in [2.75, 3.05) is 37.6 Å². The molecule has 248 valence electrons. The lowest BCUT2D eigenvalue weighted by Gasteiger charge is -2.37. The second kappa shape index (κ2) is 13.9. The van der Waals surface area contributed by atoms with Gasteiger partial charge in [0.1, 0.15) is 23.4 Å². The number of terminal acetylenes is 1. The molecule has 0 unspecified atom stereocenters. The first-order valence-electron chi connectivity index (χ1n) is 16.4. The Morgan fingerprint density at radius 3 is 2.35 bits per heavy atom. The monoisotopic (exact) mass is 667 g/mol. The van der Waals surface area contributed by atoms with Gasteiger partial charge in [0.25, 0.3) is 5.56 Å². The van der Waals surface area contributed by atoms with Crippen LogP contribution >= 0.6 is 11.6 Å². The van der Waals surface area contributed by atoms with Crippen LogP contribution in [0, 0.1) is 18.2 Å². The fraction of sp³-hybridized carbons (Fsp3) is 0.378. The van der Waals surface area contributed by atoms with E-state index in [0.29, 0.717) is 66.9 Å². The number of hydrogen-bond donors (Lipinski definition) is 1. The SMILES string of the molecule is C#Cc1c(N2CCN(C(=O)/C=C/CNC3CC3)CC2)c2cc(Cl)c(-c3ccccc3F)nc2n(-c2c(C(C)C)ncnc2C(C)C)c1=O. The van der Waals surface area contributed by atoms with E-state index in [2.05, 4.69) is 21.2 Å². The largest absolute Gasteiger partial charge is 0.366 e. The van der Waals surface area contributed by atoms with Crippen molar-refractivity contribution in [3.05, 3.63) is 87.0 Å². The molecule has 1 aliphatic carbocycles. The predicted molar refractivity (Wildman–Crippen MR) is 188 cm³/mol. The highest BCUT2D eigenvalue weighted by Gasteiger charge is 2.30. The minimum Gasteiger partial charge on any atom is -0.366 e. The van der Waals surface area contributed by atoms with Crippen LogP contribution < -0.4 is 15.8 Å². The average molecular weight is 668 g/mol. The maximum Gasteiger partial charge on any atom is 0.274 e. The van der Waals surface area contributed by atoms with E-state index < -0.39 is 11.4 Å². The second-order valence-corrected chi connectivity index (χ2v) is 13.3. The summed E-state index contributed by atoms with van der Waals surface area (Å²) in [5.41, 5.74) is 2.67. The topological polar surface area (TPSA) is 96.2 Å². The Bertz CT molecular complexity index is 1980. The summed E-state index contributed by atoms with van der Waals surface area (Å²) in [4.78, 5) is 45.6. The maximum atomic E-state index is 15.2. The molecule has 11 heteroatoms. The fourth-order valence-electron chi connectivity index (χ4n) is 6.19. The number of pyridine rings is 2. The molecule has 1 saturated heterocycles. The summed E-state index contributed by atoms with van der Waals surface area (Å²) in [6.45, 7) is 10.4. The number of piperazine rings is 1. The molecular formula is C37H39ClFN7O2. The summed E-state index contributed by atoms with van der Waals surface area (Å²) in [6.07, 6.45) is 13.5. The molecule has 1 amide bonds. The minimum absolute atomic E-state index is 0.0598. The van der Waals surface area contributed by atoms with E-state index >= 15 is 4.39 Å². The zero-order chi connectivity index (χ0) is 34.1. The number of amides is 1. The van der Waals surface area contributed by atoms with Crippen molar-refractivity contribution in [3.8, 4) is 29.3 Å². The molecule has 0 bridgehead atoms. The third-order valence-corrected chi connectivity index (χ3v) is 9.10. The molecule has 9 nitrogen and oxygen atoms in total. The van der Waals surface area contributed by atoms with Gasteiger partial charge in [0.15, 0.2) is 0 Å². The van der Waals surface area contributed by atoms with Crippen molar-refractivity contribution < 1.29 is 9.18 Å². The van der Waals surface area contributed by atoms with E-state index in [9.17, 15) is 9.59 Å². The van der Waals surface area contributed by atoms with Gasteiger partial charge in [-0.2, -0.15) is 0 Å². The Kier molecular flexibility index (Phi) is 9.63. The van der Waals surface area contributed by atoms with Gasteiger partial charge in [0.05, 0.1) is 33.5 Å². The lowest BCUT2D eigenvalue weighted by molar-refractivity contribution is -0.126. The van der Waals surface area contributed by atoms with Crippen molar-refractivity contribution in [1.29, 1.82) is 0 Å². The van der Waals surface area contributed by atoms with Crippen LogP contribution in [0.1, 0.15) is 69.3 Å². The van der Waals surface area contributed by atoms with Crippen LogP contribution in [0.3, 0.4) is 0 Å². The standard InChI is InChI=1S/C37H39ClFN7O2/c1-6-25-34(45-18-16-44(17-19-45)30(47)12-9-15-40-24-13-14-24)27-20-28(38)33(26-10-7-8-11-29(26)39)43-36(27)46(37(25)48)35-31(22(2)3)41-21-42-32(35)23(4)5/h1,7-12,20-24,40H,13-19H2,2-5H3/b12-9+. The molecule has 2 aliphatic rings. The number of fused-ring (bicyclic) bond motifs is 1. The first kappa shape index (κ1) is 33.3. The number of carbonyl (C=O) groups is 1. The van der Waals surface area contributed by atoms with Crippen molar-refractivity contribution in [2.45, 2.75) is 58.4 Å². The highest BCUT2D eigenvalue weighted by atomic mass is 35.5. The van der Waals surface area contributed by atoms with E-state index in [1.807, 2.05) is 38.7 Å². The number of anilines is 1. The van der Waals surface area contributed by atoms with Gasteiger partial charge in [-0.1, -0.05) is 63.4 Å². The Labute approximate surface area is 284 Å². The number of nitrogens with zero attached hydrogens (tertiary/aromatic N) is 6. The summed E-state index contributed by atoms with van der Waals surface area (Å²) in [5.74, 6) is 1.98. The number of aromatic nitrogens is 4. The van der Waals surface area contributed by atoms with Crippen LogP contribution in [0.2, 0.25) is 5.02 Å². The van der Waals surface area contributed by atoms with Gasteiger partial charge in [0, 0.05) is 55.8 Å². The molecule has 1 aliphatic heterocycles.